The van der Waals surface area contributed by atoms with Crippen LogP contribution in [0.5, 0.6) is 0 Å². The molecule has 0 radical (unpaired) electrons. The van der Waals surface area contributed by atoms with Crippen molar-refractivity contribution in [3.63, 3.8) is 0 Å². The van der Waals surface area contributed by atoms with E-state index in [0.29, 0.717) is 18.1 Å². The van der Waals surface area contributed by atoms with Gasteiger partial charge in [0.2, 0.25) is 5.91 Å². The van der Waals surface area contributed by atoms with Gasteiger partial charge in [-0.3, -0.25) is 9.59 Å². The number of hydrogen-bond acceptors (Lipinski definition) is 5. The SMILES string of the molecule is CC(=O)Nc1ccc(Nc2ccc(C(=O)NCCCc3ccccc3)nn2)cc1. The van der Waals surface area contributed by atoms with E-state index in [-0.39, 0.29) is 17.5 Å². The Hall–Kier alpha value is -3.74. The zero-order valence-electron chi connectivity index (χ0n) is 16.2. The van der Waals surface area contributed by atoms with Crippen molar-refractivity contribution in [1.82, 2.24) is 15.5 Å². The van der Waals surface area contributed by atoms with Gasteiger partial charge in [-0.1, -0.05) is 30.3 Å². The lowest BCUT2D eigenvalue weighted by atomic mass is 10.1. The van der Waals surface area contributed by atoms with Gasteiger partial charge >= 0.3 is 0 Å². The van der Waals surface area contributed by atoms with E-state index < -0.39 is 0 Å². The largest absolute Gasteiger partial charge is 0.351 e. The first-order valence-corrected chi connectivity index (χ1v) is 9.41. The summed E-state index contributed by atoms with van der Waals surface area (Å²) in [5.74, 6) is 0.167. The molecule has 3 N–H and O–H groups in total. The minimum absolute atomic E-state index is 0.120. The highest BCUT2D eigenvalue weighted by atomic mass is 16.2. The van der Waals surface area contributed by atoms with Gasteiger partial charge in [0.15, 0.2) is 11.5 Å². The first-order valence-electron chi connectivity index (χ1n) is 9.41. The monoisotopic (exact) mass is 389 g/mol. The van der Waals surface area contributed by atoms with E-state index in [2.05, 4.69) is 38.3 Å². The van der Waals surface area contributed by atoms with Gasteiger partial charge in [-0.05, 0) is 54.8 Å². The lowest BCUT2D eigenvalue weighted by Crippen LogP contribution is -2.26. The topological polar surface area (TPSA) is 96.0 Å². The summed E-state index contributed by atoms with van der Waals surface area (Å²) >= 11 is 0. The van der Waals surface area contributed by atoms with Crippen LogP contribution in [-0.2, 0) is 11.2 Å². The van der Waals surface area contributed by atoms with Crippen LogP contribution < -0.4 is 16.0 Å². The van der Waals surface area contributed by atoms with Crippen LogP contribution in [0.15, 0.2) is 66.7 Å². The average Bonchev–Trinajstić information content (AvgIpc) is 2.73. The standard InChI is InChI=1S/C22H23N5O2/c1-16(28)24-18-9-11-19(12-10-18)25-21-14-13-20(26-27-21)22(29)23-15-5-8-17-6-3-2-4-7-17/h2-4,6-7,9-14H,5,8,15H2,1H3,(H,23,29)(H,24,28)(H,25,27). The fourth-order valence-corrected chi connectivity index (χ4v) is 2.74. The van der Waals surface area contributed by atoms with E-state index >= 15 is 0 Å². The number of anilines is 3. The molecule has 0 bridgehead atoms. The molecule has 0 spiro atoms. The second-order valence-corrected chi connectivity index (χ2v) is 6.53. The van der Waals surface area contributed by atoms with Gasteiger partial charge in [0.1, 0.15) is 0 Å². The maximum atomic E-state index is 12.2. The van der Waals surface area contributed by atoms with E-state index in [1.54, 1.807) is 24.3 Å². The summed E-state index contributed by atoms with van der Waals surface area (Å²) in [4.78, 5) is 23.2. The summed E-state index contributed by atoms with van der Waals surface area (Å²) in [6, 6.07) is 20.7. The van der Waals surface area contributed by atoms with Gasteiger partial charge in [-0.25, -0.2) is 0 Å². The first-order chi connectivity index (χ1) is 14.1. The number of hydrogen-bond donors (Lipinski definition) is 3. The molecule has 0 saturated carbocycles. The van der Waals surface area contributed by atoms with Gasteiger partial charge in [0, 0.05) is 24.8 Å². The third-order valence-electron chi connectivity index (χ3n) is 4.15. The third kappa shape index (κ3) is 6.42. The molecule has 3 rings (SSSR count). The van der Waals surface area contributed by atoms with Gasteiger partial charge in [-0.2, -0.15) is 0 Å². The van der Waals surface area contributed by atoms with E-state index in [1.807, 2.05) is 30.3 Å². The molecule has 0 aliphatic carbocycles. The zero-order chi connectivity index (χ0) is 20.5. The predicted molar refractivity (Wildman–Crippen MR) is 113 cm³/mol. The van der Waals surface area contributed by atoms with Crippen molar-refractivity contribution in [2.45, 2.75) is 19.8 Å². The Morgan fingerprint density at radius 2 is 1.59 bits per heavy atom. The number of nitrogens with zero attached hydrogens (tertiary/aromatic N) is 2. The number of amides is 2. The number of aryl methyl sites for hydroxylation is 1. The molecule has 0 aliphatic rings. The Morgan fingerprint density at radius 3 is 2.24 bits per heavy atom. The third-order valence-corrected chi connectivity index (χ3v) is 4.15. The summed E-state index contributed by atoms with van der Waals surface area (Å²) in [5, 5.41) is 16.7. The second kappa shape index (κ2) is 9.98. The molecule has 7 heteroatoms. The highest BCUT2D eigenvalue weighted by Gasteiger charge is 2.08. The van der Waals surface area contributed by atoms with Gasteiger partial charge in [-0.15, -0.1) is 10.2 Å². The molecule has 0 atom stereocenters. The van der Waals surface area contributed by atoms with Crippen molar-refractivity contribution < 1.29 is 9.59 Å². The number of benzene rings is 2. The molecule has 1 aromatic heterocycles. The van der Waals surface area contributed by atoms with Crippen molar-refractivity contribution in [3.8, 4) is 0 Å². The fraction of sp³-hybridized carbons (Fsp3) is 0.182. The van der Waals surface area contributed by atoms with Crippen LogP contribution in [-0.4, -0.2) is 28.6 Å². The summed E-state index contributed by atoms with van der Waals surface area (Å²) in [7, 11) is 0. The van der Waals surface area contributed by atoms with Crippen LogP contribution in [0.4, 0.5) is 17.2 Å². The first kappa shape index (κ1) is 20.0. The highest BCUT2D eigenvalue weighted by molar-refractivity contribution is 5.92. The Labute approximate surface area is 169 Å². The minimum atomic E-state index is -0.239. The molecule has 0 unspecified atom stereocenters. The molecule has 0 fully saturated rings. The lowest BCUT2D eigenvalue weighted by molar-refractivity contribution is -0.114. The molecule has 29 heavy (non-hydrogen) atoms. The van der Waals surface area contributed by atoms with Crippen LogP contribution in [0.3, 0.4) is 0 Å². The van der Waals surface area contributed by atoms with Crippen molar-refractivity contribution >= 4 is 29.0 Å². The molecular weight excluding hydrogens is 366 g/mol. The van der Waals surface area contributed by atoms with Crippen molar-refractivity contribution in [2.75, 3.05) is 17.2 Å². The maximum absolute atomic E-state index is 12.2. The van der Waals surface area contributed by atoms with E-state index in [1.165, 1.54) is 12.5 Å². The number of carbonyl (C=O) groups is 2. The molecule has 2 aromatic carbocycles. The number of nitrogens with one attached hydrogen (secondary N) is 3. The predicted octanol–water partition coefficient (Wildman–Crippen LogP) is 3.54. The molecule has 7 nitrogen and oxygen atoms in total. The smallest absolute Gasteiger partial charge is 0.271 e. The van der Waals surface area contributed by atoms with Gasteiger partial charge in [0.25, 0.3) is 5.91 Å². The zero-order valence-corrected chi connectivity index (χ0v) is 16.2. The Balaban J connectivity index is 1.46. The van der Waals surface area contributed by atoms with Crippen molar-refractivity contribution in [3.05, 3.63) is 78.0 Å². The van der Waals surface area contributed by atoms with E-state index in [0.717, 1.165) is 18.5 Å². The normalized spacial score (nSPS) is 10.2. The fourth-order valence-electron chi connectivity index (χ4n) is 2.74. The molecular formula is C22H23N5O2. The quantitative estimate of drug-likeness (QED) is 0.512. The summed E-state index contributed by atoms with van der Waals surface area (Å²) < 4.78 is 0. The van der Waals surface area contributed by atoms with Crippen molar-refractivity contribution in [1.29, 1.82) is 0 Å². The summed E-state index contributed by atoms with van der Waals surface area (Å²) in [6.07, 6.45) is 1.77. The second-order valence-electron chi connectivity index (χ2n) is 6.53. The van der Waals surface area contributed by atoms with Gasteiger partial charge in [0.05, 0.1) is 0 Å². The highest BCUT2D eigenvalue weighted by Crippen LogP contribution is 2.17. The Morgan fingerprint density at radius 1 is 0.862 bits per heavy atom. The number of carbonyl (C=O) groups excluding carboxylic acids is 2. The average molecular weight is 389 g/mol. The number of rotatable bonds is 8. The Kier molecular flexibility index (Phi) is 6.89. The molecule has 3 aromatic rings. The minimum Gasteiger partial charge on any atom is -0.351 e. The molecule has 2 amide bonds. The maximum Gasteiger partial charge on any atom is 0.271 e. The van der Waals surface area contributed by atoms with Crippen LogP contribution in [0.25, 0.3) is 0 Å². The molecule has 0 saturated heterocycles. The van der Waals surface area contributed by atoms with Crippen molar-refractivity contribution in [2.24, 2.45) is 0 Å². The summed E-state index contributed by atoms with van der Waals surface area (Å²) in [6.45, 7) is 2.04. The lowest BCUT2D eigenvalue weighted by Gasteiger charge is -2.08. The molecule has 1 heterocycles. The van der Waals surface area contributed by atoms with Crippen LogP contribution in [0, 0.1) is 0 Å². The molecule has 148 valence electrons. The summed E-state index contributed by atoms with van der Waals surface area (Å²) in [5.41, 5.74) is 3.04. The van der Waals surface area contributed by atoms with E-state index in [9.17, 15) is 9.59 Å². The Bertz CT molecular complexity index is 941. The van der Waals surface area contributed by atoms with Crippen LogP contribution in [0.1, 0.15) is 29.4 Å². The van der Waals surface area contributed by atoms with Crippen LogP contribution in [0.2, 0.25) is 0 Å². The van der Waals surface area contributed by atoms with E-state index in [4.69, 9.17) is 0 Å². The van der Waals surface area contributed by atoms with Crippen LogP contribution >= 0.6 is 0 Å². The molecule has 0 aliphatic heterocycles. The number of aromatic nitrogens is 2. The van der Waals surface area contributed by atoms with Gasteiger partial charge < -0.3 is 16.0 Å².